The van der Waals surface area contributed by atoms with E-state index in [0.29, 0.717) is 28.2 Å². The number of anilines is 1. The molecule has 0 N–H and O–H groups in total. The topological polar surface area (TPSA) is 93.9 Å². The van der Waals surface area contributed by atoms with Crippen LogP contribution < -0.4 is 14.0 Å². The van der Waals surface area contributed by atoms with Gasteiger partial charge in [0.15, 0.2) is 0 Å². The molecule has 0 spiro atoms. The fourth-order valence-corrected chi connectivity index (χ4v) is 5.34. The summed E-state index contributed by atoms with van der Waals surface area (Å²) < 4.78 is 38.8. The van der Waals surface area contributed by atoms with Crippen LogP contribution in [-0.4, -0.2) is 20.9 Å². The highest BCUT2D eigenvalue weighted by atomic mass is 32.2. The lowest BCUT2D eigenvalue weighted by atomic mass is 10.1. The second kappa shape index (κ2) is 8.97. The van der Waals surface area contributed by atoms with Gasteiger partial charge in [-0.3, -0.25) is 4.79 Å². The van der Waals surface area contributed by atoms with E-state index in [4.69, 9.17) is 9.15 Å². The van der Waals surface area contributed by atoms with Gasteiger partial charge in [0.1, 0.15) is 11.3 Å². The Bertz CT molecular complexity index is 1410. The summed E-state index contributed by atoms with van der Waals surface area (Å²) in [5, 5.41) is 0. The molecule has 0 aliphatic heterocycles. The molecule has 164 valence electrons. The van der Waals surface area contributed by atoms with Crippen LogP contribution in [0.25, 0.3) is 10.3 Å². The van der Waals surface area contributed by atoms with Crippen LogP contribution in [0.3, 0.4) is 0 Å². The molecule has 0 saturated carbocycles. The SMILES string of the molecule is CCOc1ccc(S(=O)(=O)N(C(=O)Cc2ccccc2)c2ccc3oc(=O)sc3c2)cc1. The van der Waals surface area contributed by atoms with E-state index in [-0.39, 0.29) is 17.0 Å². The number of hydrogen-bond acceptors (Lipinski definition) is 7. The normalized spacial score (nSPS) is 11.4. The molecule has 0 saturated heterocycles. The number of fused-ring (bicyclic) bond motifs is 1. The Morgan fingerprint density at radius 3 is 2.44 bits per heavy atom. The van der Waals surface area contributed by atoms with Crippen LogP contribution in [0.4, 0.5) is 5.69 Å². The molecule has 1 amide bonds. The summed E-state index contributed by atoms with van der Waals surface area (Å²) in [6, 6.07) is 19.2. The largest absolute Gasteiger partial charge is 0.494 e. The van der Waals surface area contributed by atoms with Crippen LogP contribution in [0.1, 0.15) is 12.5 Å². The molecule has 0 radical (unpaired) electrons. The van der Waals surface area contributed by atoms with E-state index in [2.05, 4.69) is 0 Å². The van der Waals surface area contributed by atoms with Gasteiger partial charge in [-0.25, -0.2) is 17.5 Å². The minimum Gasteiger partial charge on any atom is -0.494 e. The van der Waals surface area contributed by atoms with Gasteiger partial charge in [-0.2, -0.15) is 0 Å². The maximum absolute atomic E-state index is 13.6. The Morgan fingerprint density at radius 2 is 1.75 bits per heavy atom. The van der Waals surface area contributed by atoms with E-state index >= 15 is 0 Å². The zero-order valence-electron chi connectivity index (χ0n) is 17.1. The second-order valence-electron chi connectivity index (χ2n) is 6.82. The van der Waals surface area contributed by atoms with Crippen molar-refractivity contribution in [1.82, 2.24) is 0 Å². The smallest absolute Gasteiger partial charge is 0.396 e. The van der Waals surface area contributed by atoms with Gasteiger partial charge >= 0.3 is 4.94 Å². The average molecular weight is 470 g/mol. The highest BCUT2D eigenvalue weighted by Crippen LogP contribution is 2.30. The van der Waals surface area contributed by atoms with Crippen LogP contribution in [0, 0.1) is 0 Å². The highest BCUT2D eigenvalue weighted by molar-refractivity contribution is 7.93. The lowest BCUT2D eigenvalue weighted by Gasteiger charge is -2.23. The first-order valence-electron chi connectivity index (χ1n) is 9.77. The molecule has 32 heavy (non-hydrogen) atoms. The third-order valence-corrected chi connectivity index (χ3v) is 7.20. The lowest BCUT2D eigenvalue weighted by Crippen LogP contribution is -2.38. The third-order valence-electron chi connectivity index (χ3n) is 4.65. The predicted molar refractivity (Wildman–Crippen MR) is 123 cm³/mol. The van der Waals surface area contributed by atoms with Gasteiger partial charge in [0.25, 0.3) is 10.0 Å². The van der Waals surface area contributed by atoms with E-state index in [1.807, 2.05) is 13.0 Å². The summed E-state index contributed by atoms with van der Waals surface area (Å²) in [7, 11) is -4.24. The molecule has 0 aliphatic rings. The Hall–Kier alpha value is -3.43. The molecular weight excluding hydrogens is 450 g/mol. The maximum atomic E-state index is 13.6. The fourth-order valence-electron chi connectivity index (χ4n) is 3.23. The van der Waals surface area contributed by atoms with Crippen molar-refractivity contribution in [1.29, 1.82) is 0 Å². The summed E-state index contributed by atoms with van der Waals surface area (Å²) in [5.41, 5.74) is 1.14. The zero-order chi connectivity index (χ0) is 22.7. The predicted octanol–water partition coefficient (Wildman–Crippen LogP) is 4.22. The Balaban J connectivity index is 1.79. The maximum Gasteiger partial charge on any atom is 0.396 e. The molecule has 9 heteroatoms. The van der Waals surface area contributed by atoms with Crippen molar-refractivity contribution >= 4 is 43.2 Å². The van der Waals surface area contributed by atoms with Crippen molar-refractivity contribution in [3.63, 3.8) is 0 Å². The number of carbonyl (C=O) groups is 1. The minimum atomic E-state index is -4.24. The summed E-state index contributed by atoms with van der Waals surface area (Å²) in [4.78, 5) is 24.3. The minimum absolute atomic E-state index is 0.0529. The summed E-state index contributed by atoms with van der Waals surface area (Å²) in [6.45, 7) is 2.27. The monoisotopic (exact) mass is 469 g/mol. The Labute approximate surface area is 188 Å². The van der Waals surface area contributed by atoms with Crippen molar-refractivity contribution in [3.05, 3.63) is 88.1 Å². The molecule has 0 bridgehead atoms. The Morgan fingerprint density at radius 1 is 1.03 bits per heavy atom. The van der Waals surface area contributed by atoms with Gasteiger partial charge in [0.05, 0.1) is 28.3 Å². The Kier molecular flexibility index (Phi) is 6.11. The molecule has 0 fully saturated rings. The number of ether oxygens (including phenoxy) is 1. The molecule has 4 rings (SSSR count). The lowest BCUT2D eigenvalue weighted by molar-refractivity contribution is -0.116. The average Bonchev–Trinajstić information content (AvgIpc) is 3.14. The molecule has 0 unspecified atom stereocenters. The molecule has 4 aromatic rings. The number of benzene rings is 3. The van der Waals surface area contributed by atoms with Gasteiger partial charge < -0.3 is 9.15 Å². The van der Waals surface area contributed by atoms with Crippen molar-refractivity contribution in [2.24, 2.45) is 0 Å². The summed E-state index contributed by atoms with van der Waals surface area (Å²) in [5.74, 6) is -0.0986. The van der Waals surface area contributed by atoms with Crippen molar-refractivity contribution < 1.29 is 22.4 Å². The second-order valence-corrected chi connectivity index (χ2v) is 9.58. The summed E-state index contributed by atoms with van der Waals surface area (Å²) >= 11 is 0.842. The van der Waals surface area contributed by atoms with Crippen LogP contribution >= 0.6 is 11.3 Å². The summed E-state index contributed by atoms with van der Waals surface area (Å²) in [6.07, 6.45) is -0.114. The van der Waals surface area contributed by atoms with E-state index in [1.165, 1.54) is 30.3 Å². The number of hydrogen-bond donors (Lipinski definition) is 0. The van der Waals surface area contributed by atoms with Crippen LogP contribution in [-0.2, 0) is 21.2 Å². The molecule has 3 aromatic carbocycles. The van der Waals surface area contributed by atoms with Crippen LogP contribution in [0.15, 0.2) is 86.9 Å². The van der Waals surface area contributed by atoms with E-state index in [9.17, 15) is 18.0 Å². The van der Waals surface area contributed by atoms with E-state index in [0.717, 1.165) is 15.6 Å². The molecule has 0 atom stereocenters. The molecule has 7 nitrogen and oxygen atoms in total. The van der Waals surface area contributed by atoms with Gasteiger partial charge in [-0.05, 0) is 55.0 Å². The first-order valence-corrected chi connectivity index (χ1v) is 12.0. The van der Waals surface area contributed by atoms with Gasteiger partial charge in [0.2, 0.25) is 5.91 Å². The fraction of sp³-hybridized carbons (Fsp3) is 0.130. The standard InChI is InChI=1S/C23H19NO6S2/c1-2-29-18-9-11-19(12-10-18)32(27,28)24(22(25)14-16-6-4-3-5-7-16)17-8-13-20-21(15-17)31-23(26)30-20/h3-13,15H,2,14H2,1H3. The molecule has 1 aromatic heterocycles. The van der Waals surface area contributed by atoms with E-state index < -0.39 is 20.9 Å². The number of carbonyl (C=O) groups excluding carboxylic acids is 1. The highest BCUT2D eigenvalue weighted by Gasteiger charge is 2.31. The first-order chi connectivity index (χ1) is 15.4. The number of rotatable bonds is 7. The molecular formula is C23H19NO6S2. The van der Waals surface area contributed by atoms with Crippen molar-refractivity contribution in [2.45, 2.75) is 18.2 Å². The molecule has 0 aliphatic carbocycles. The quantitative estimate of drug-likeness (QED) is 0.402. The van der Waals surface area contributed by atoms with Crippen LogP contribution in [0.2, 0.25) is 0 Å². The van der Waals surface area contributed by atoms with Gasteiger partial charge in [0, 0.05) is 0 Å². The van der Waals surface area contributed by atoms with Gasteiger partial charge in [-0.15, -0.1) is 0 Å². The number of sulfonamides is 1. The van der Waals surface area contributed by atoms with Gasteiger partial charge in [-0.1, -0.05) is 41.7 Å². The van der Waals surface area contributed by atoms with E-state index in [1.54, 1.807) is 36.4 Å². The third kappa shape index (κ3) is 4.44. The zero-order valence-corrected chi connectivity index (χ0v) is 18.7. The molecule has 1 heterocycles. The van der Waals surface area contributed by atoms with Crippen molar-refractivity contribution in [2.75, 3.05) is 10.9 Å². The first kappa shape index (κ1) is 21.8. The number of amides is 1. The van der Waals surface area contributed by atoms with Crippen LogP contribution in [0.5, 0.6) is 5.75 Å². The number of nitrogens with zero attached hydrogens (tertiary/aromatic N) is 1. The van der Waals surface area contributed by atoms with Crippen molar-refractivity contribution in [3.8, 4) is 5.75 Å².